The highest BCUT2D eigenvalue weighted by atomic mass is 16.5. The van der Waals surface area contributed by atoms with Crippen molar-refractivity contribution < 1.29 is 19.0 Å². The highest BCUT2D eigenvalue weighted by molar-refractivity contribution is 5.95. The Hall–Kier alpha value is -3.15. The minimum Gasteiger partial charge on any atom is -0.497 e. The van der Waals surface area contributed by atoms with Gasteiger partial charge in [0.05, 0.1) is 32.1 Å². The van der Waals surface area contributed by atoms with E-state index in [1.807, 2.05) is 12.1 Å². The molecule has 0 heterocycles. The third-order valence-corrected chi connectivity index (χ3v) is 3.36. The van der Waals surface area contributed by atoms with Gasteiger partial charge in [-0.2, -0.15) is 0 Å². The standard InChI is InChI=1S/C19H22N2O4/c1-4-11-25-18-8-6-5-7-15(18)21-19(22)13-20-16-12-14(23-2)9-10-17(16)24-3/h4-10,12,20H,1,11,13H2,2-3H3,(H,21,22). The smallest absolute Gasteiger partial charge is 0.243 e. The molecule has 0 saturated carbocycles. The zero-order chi connectivity index (χ0) is 18.1. The number of nitrogens with one attached hydrogen (secondary N) is 2. The number of ether oxygens (including phenoxy) is 3. The predicted octanol–water partition coefficient (Wildman–Crippen LogP) is 3.32. The Morgan fingerprint density at radius 3 is 2.60 bits per heavy atom. The Labute approximate surface area is 147 Å². The number of anilines is 2. The summed E-state index contributed by atoms with van der Waals surface area (Å²) in [6, 6.07) is 12.6. The van der Waals surface area contributed by atoms with Crippen molar-refractivity contribution in [2.24, 2.45) is 0 Å². The van der Waals surface area contributed by atoms with Crippen molar-refractivity contribution in [2.75, 3.05) is 38.0 Å². The second-order valence-corrected chi connectivity index (χ2v) is 5.06. The highest BCUT2D eigenvalue weighted by Gasteiger charge is 2.10. The lowest BCUT2D eigenvalue weighted by molar-refractivity contribution is -0.114. The third-order valence-electron chi connectivity index (χ3n) is 3.36. The van der Waals surface area contributed by atoms with Gasteiger partial charge in [0.25, 0.3) is 0 Å². The molecular weight excluding hydrogens is 320 g/mol. The van der Waals surface area contributed by atoms with Gasteiger partial charge >= 0.3 is 0 Å². The summed E-state index contributed by atoms with van der Waals surface area (Å²) in [4.78, 5) is 12.2. The first-order valence-electron chi connectivity index (χ1n) is 7.76. The second-order valence-electron chi connectivity index (χ2n) is 5.06. The average molecular weight is 342 g/mol. The van der Waals surface area contributed by atoms with Crippen LogP contribution in [0.4, 0.5) is 11.4 Å². The molecule has 0 fully saturated rings. The van der Waals surface area contributed by atoms with E-state index in [0.29, 0.717) is 35.2 Å². The number of amides is 1. The summed E-state index contributed by atoms with van der Waals surface area (Å²) in [5.41, 5.74) is 1.28. The monoisotopic (exact) mass is 342 g/mol. The number of rotatable bonds is 9. The van der Waals surface area contributed by atoms with Crippen LogP contribution in [0, 0.1) is 0 Å². The zero-order valence-corrected chi connectivity index (χ0v) is 14.4. The van der Waals surface area contributed by atoms with Gasteiger partial charge in [-0.15, -0.1) is 0 Å². The maximum absolute atomic E-state index is 12.2. The Bertz CT molecular complexity index is 731. The van der Waals surface area contributed by atoms with E-state index in [-0.39, 0.29) is 12.5 Å². The molecule has 0 atom stereocenters. The van der Waals surface area contributed by atoms with Crippen molar-refractivity contribution in [3.63, 3.8) is 0 Å². The van der Waals surface area contributed by atoms with E-state index in [1.54, 1.807) is 50.6 Å². The van der Waals surface area contributed by atoms with Crippen LogP contribution < -0.4 is 24.8 Å². The first kappa shape index (κ1) is 18.2. The summed E-state index contributed by atoms with van der Waals surface area (Å²) in [6.45, 7) is 4.05. The zero-order valence-electron chi connectivity index (χ0n) is 14.4. The van der Waals surface area contributed by atoms with Gasteiger partial charge in [0.1, 0.15) is 23.9 Å². The molecule has 6 nitrogen and oxygen atoms in total. The van der Waals surface area contributed by atoms with Gasteiger partial charge in [-0.3, -0.25) is 4.79 Å². The number of hydrogen-bond acceptors (Lipinski definition) is 5. The van der Waals surface area contributed by atoms with Crippen LogP contribution in [-0.4, -0.2) is 33.3 Å². The van der Waals surface area contributed by atoms with Crippen molar-refractivity contribution in [1.82, 2.24) is 0 Å². The molecule has 2 aromatic rings. The largest absolute Gasteiger partial charge is 0.497 e. The summed E-state index contributed by atoms with van der Waals surface area (Å²) >= 11 is 0. The van der Waals surface area contributed by atoms with Crippen molar-refractivity contribution in [3.8, 4) is 17.2 Å². The quantitative estimate of drug-likeness (QED) is 0.684. The molecule has 2 N–H and O–H groups in total. The Morgan fingerprint density at radius 1 is 1.08 bits per heavy atom. The number of carbonyl (C=O) groups is 1. The molecule has 0 aliphatic heterocycles. The van der Waals surface area contributed by atoms with E-state index in [2.05, 4.69) is 17.2 Å². The third kappa shape index (κ3) is 5.17. The van der Waals surface area contributed by atoms with Crippen LogP contribution in [0.2, 0.25) is 0 Å². The van der Waals surface area contributed by atoms with E-state index >= 15 is 0 Å². The summed E-state index contributed by atoms with van der Waals surface area (Å²) < 4.78 is 16.0. The van der Waals surface area contributed by atoms with Crippen molar-refractivity contribution in [1.29, 1.82) is 0 Å². The van der Waals surface area contributed by atoms with E-state index < -0.39 is 0 Å². The van der Waals surface area contributed by atoms with Gasteiger partial charge in [0.2, 0.25) is 5.91 Å². The lowest BCUT2D eigenvalue weighted by Crippen LogP contribution is -2.22. The fourth-order valence-corrected chi connectivity index (χ4v) is 2.17. The summed E-state index contributed by atoms with van der Waals surface area (Å²) in [7, 11) is 3.15. The Balaban J connectivity index is 2.01. The molecule has 0 aliphatic carbocycles. The topological polar surface area (TPSA) is 68.8 Å². The predicted molar refractivity (Wildman–Crippen MR) is 98.8 cm³/mol. The maximum atomic E-state index is 12.2. The normalized spacial score (nSPS) is 9.84. The Morgan fingerprint density at radius 2 is 1.88 bits per heavy atom. The van der Waals surface area contributed by atoms with E-state index in [9.17, 15) is 4.79 Å². The molecule has 25 heavy (non-hydrogen) atoms. The van der Waals surface area contributed by atoms with Gasteiger partial charge in [0, 0.05) is 6.07 Å². The molecule has 2 aromatic carbocycles. The number of hydrogen-bond donors (Lipinski definition) is 2. The molecule has 0 unspecified atom stereocenters. The van der Waals surface area contributed by atoms with E-state index in [0.717, 1.165) is 0 Å². The number of benzene rings is 2. The summed E-state index contributed by atoms with van der Waals surface area (Å²) in [5.74, 6) is 1.68. The fraction of sp³-hybridized carbons (Fsp3) is 0.211. The van der Waals surface area contributed by atoms with E-state index in [4.69, 9.17) is 14.2 Å². The van der Waals surface area contributed by atoms with Gasteiger partial charge in [-0.1, -0.05) is 24.8 Å². The molecule has 0 spiro atoms. The molecule has 0 aromatic heterocycles. The van der Waals surface area contributed by atoms with Crippen molar-refractivity contribution in [3.05, 3.63) is 55.1 Å². The minimum absolute atomic E-state index is 0.0688. The summed E-state index contributed by atoms with van der Waals surface area (Å²) in [5, 5.41) is 5.87. The fourth-order valence-electron chi connectivity index (χ4n) is 2.17. The molecule has 1 amide bonds. The van der Waals surface area contributed by atoms with Crippen molar-refractivity contribution in [2.45, 2.75) is 0 Å². The van der Waals surface area contributed by atoms with E-state index in [1.165, 1.54) is 0 Å². The number of methoxy groups -OCH3 is 2. The maximum Gasteiger partial charge on any atom is 0.243 e. The molecule has 132 valence electrons. The van der Waals surface area contributed by atoms with Gasteiger partial charge in [0.15, 0.2) is 0 Å². The van der Waals surface area contributed by atoms with Crippen LogP contribution in [0.3, 0.4) is 0 Å². The molecule has 0 aliphatic rings. The second kappa shape index (κ2) is 9.22. The van der Waals surface area contributed by atoms with Crippen LogP contribution in [0.1, 0.15) is 0 Å². The molecule has 0 saturated heterocycles. The molecule has 0 bridgehead atoms. The van der Waals surface area contributed by atoms with Gasteiger partial charge in [-0.25, -0.2) is 0 Å². The van der Waals surface area contributed by atoms with Crippen LogP contribution >= 0.6 is 0 Å². The van der Waals surface area contributed by atoms with Gasteiger partial charge in [-0.05, 0) is 24.3 Å². The van der Waals surface area contributed by atoms with Crippen LogP contribution in [-0.2, 0) is 4.79 Å². The molecule has 2 rings (SSSR count). The van der Waals surface area contributed by atoms with Crippen LogP contribution in [0.5, 0.6) is 17.2 Å². The summed E-state index contributed by atoms with van der Waals surface area (Å²) in [6.07, 6.45) is 1.65. The van der Waals surface area contributed by atoms with Crippen LogP contribution in [0.15, 0.2) is 55.1 Å². The van der Waals surface area contributed by atoms with Gasteiger partial charge < -0.3 is 24.8 Å². The van der Waals surface area contributed by atoms with Crippen LogP contribution in [0.25, 0.3) is 0 Å². The number of carbonyl (C=O) groups excluding carboxylic acids is 1. The average Bonchev–Trinajstić information content (AvgIpc) is 2.65. The molecular formula is C19H22N2O4. The lowest BCUT2D eigenvalue weighted by Gasteiger charge is -2.14. The molecule has 6 heteroatoms. The number of para-hydroxylation sites is 2. The highest BCUT2D eigenvalue weighted by Crippen LogP contribution is 2.29. The minimum atomic E-state index is -0.209. The van der Waals surface area contributed by atoms with Crippen molar-refractivity contribution >= 4 is 17.3 Å². The lowest BCUT2D eigenvalue weighted by atomic mass is 10.2. The first-order chi connectivity index (χ1) is 12.2. The Kier molecular flexibility index (Phi) is 6.71. The molecule has 0 radical (unpaired) electrons. The first-order valence-corrected chi connectivity index (χ1v) is 7.76. The SMILES string of the molecule is C=CCOc1ccccc1NC(=O)CNc1cc(OC)ccc1OC.